The molecule has 3 aliphatic heterocycles. The second kappa shape index (κ2) is 14.3. The van der Waals surface area contributed by atoms with Gasteiger partial charge in [-0.05, 0) is 57.7 Å². The van der Waals surface area contributed by atoms with E-state index in [0.717, 1.165) is 16.8 Å². The van der Waals surface area contributed by atoms with Gasteiger partial charge < -0.3 is 34.8 Å². The van der Waals surface area contributed by atoms with Crippen LogP contribution in [0, 0.1) is 0 Å². The van der Waals surface area contributed by atoms with Crippen molar-refractivity contribution in [1.29, 1.82) is 0 Å². The third-order valence-corrected chi connectivity index (χ3v) is 9.95. The number of urea groups is 2. The van der Waals surface area contributed by atoms with Crippen LogP contribution in [0.2, 0.25) is 5.02 Å². The monoisotopic (exact) mass is 680 g/mol. The van der Waals surface area contributed by atoms with Crippen molar-refractivity contribution in [3.8, 4) is 11.5 Å². The second-order valence-electron chi connectivity index (χ2n) is 13.0. The van der Waals surface area contributed by atoms with E-state index >= 15 is 0 Å². The number of methoxy groups -OCH3 is 2. The normalized spacial score (nSPS) is 18.8. The average Bonchev–Trinajstić information content (AvgIpc) is 3.22. The first-order valence-corrected chi connectivity index (χ1v) is 16.6. The quantitative estimate of drug-likeness (QED) is 0.392. The minimum absolute atomic E-state index is 0.0190. The highest BCUT2D eigenvalue weighted by Crippen LogP contribution is 2.43. The molecule has 0 aliphatic carbocycles. The molecule has 3 aliphatic rings. The largest absolute Gasteiger partial charge is 0.497 e. The Bertz CT molecular complexity index is 1600. The number of rotatable bonds is 9. The van der Waals surface area contributed by atoms with Crippen LogP contribution < -0.4 is 20.1 Å². The van der Waals surface area contributed by atoms with Gasteiger partial charge in [0.25, 0.3) is 0 Å². The number of piperidine rings is 1. The highest BCUT2D eigenvalue weighted by molar-refractivity contribution is 6.34. The highest BCUT2D eigenvalue weighted by atomic mass is 35.5. The van der Waals surface area contributed by atoms with Crippen molar-refractivity contribution in [3.63, 3.8) is 0 Å². The molecule has 12 nitrogen and oxygen atoms in total. The molecular formula is C35H45ClN6O6. The number of fused-ring (bicyclic) bond motifs is 1. The average molecular weight is 681 g/mol. The van der Waals surface area contributed by atoms with Gasteiger partial charge in [-0.25, -0.2) is 9.59 Å². The fourth-order valence-electron chi connectivity index (χ4n) is 6.95. The fourth-order valence-corrected chi connectivity index (χ4v) is 7.26. The van der Waals surface area contributed by atoms with E-state index in [0.29, 0.717) is 61.0 Å². The summed E-state index contributed by atoms with van der Waals surface area (Å²) < 4.78 is 10.8. The number of halogens is 1. The summed E-state index contributed by atoms with van der Waals surface area (Å²) in [7, 11) is 3.14. The van der Waals surface area contributed by atoms with Crippen LogP contribution in [0.1, 0.15) is 51.7 Å². The first-order chi connectivity index (χ1) is 22.8. The molecule has 1 fully saturated rings. The van der Waals surface area contributed by atoms with Crippen LogP contribution in [0.4, 0.5) is 15.3 Å². The van der Waals surface area contributed by atoms with Crippen molar-refractivity contribution in [2.75, 3.05) is 52.3 Å². The van der Waals surface area contributed by atoms with E-state index in [4.69, 9.17) is 21.1 Å². The molecule has 0 bridgehead atoms. The lowest BCUT2D eigenvalue weighted by molar-refractivity contribution is -0.133. The van der Waals surface area contributed by atoms with Gasteiger partial charge in [0.05, 0.1) is 24.8 Å². The summed E-state index contributed by atoms with van der Waals surface area (Å²) in [5, 5.41) is 6.24. The number of anilines is 1. The van der Waals surface area contributed by atoms with E-state index in [1.54, 1.807) is 36.3 Å². The van der Waals surface area contributed by atoms with Crippen molar-refractivity contribution < 1.29 is 28.7 Å². The maximum absolute atomic E-state index is 14.1. The molecule has 1 saturated heterocycles. The maximum Gasteiger partial charge on any atom is 0.325 e. The van der Waals surface area contributed by atoms with Crippen LogP contribution in [0.25, 0.3) is 5.57 Å². The van der Waals surface area contributed by atoms with Gasteiger partial charge in [0.2, 0.25) is 11.8 Å². The van der Waals surface area contributed by atoms with Gasteiger partial charge in [-0.3, -0.25) is 14.5 Å². The molecule has 48 heavy (non-hydrogen) atoms. The smallest absolute Gasteiger partial charge is 0.325 e. The van der Waals surface area contributed by atoms with Crippen molar-refractivity contribution in [1.82, 2.24) is 24.9 Å². The Balaban J connectivity index is 1.32. The molecule has 5 rings (SSSR count). The van der Waals surface area contributed by atoms with E-state index in [9.17, 15) is 19.2 Å². The molecule has 0 spiro atoms. The minimum Gasteiger partial charge on any atom is -0.497 e. The van der Waals surface area contributed by atoms with E-state index in [2.05, 4.69) is 10.6 Å². The molecule has 0 aromatic heterocycles. The van der Waals surface area contributed by atoms with Gasteiger partial charge >= 0.3 is 12.1 Å². The zero-order valence-electron chi connectivity index (χ0n) is 28.5. The molecule has 6 amide bonds. The lowest BCUT2D eigenvalue weighted by Gasteiger charge is -2.49. The number of ether oxygens (including phenoxy) is 2. The number of hydrogen-bond acceptors (Lipinski definition) is 6. The number of carbonyl (C=O) groups excluding carboxylic acids is 4. The zero-order chi connectivity index (χ0) is 34.7. The first-order valence-electron chi connectivity index (χ1n) is 16.3. The first kappa shape index (κ1) is 34.9. The van der Waals surface area contributed by atoms with Crippen LogP contribution in [0.5, 0.6) is 11.5 Å². The zero-order valence-corrected chi connectivity index (χ0v) is 29.2. The lowest BCUT2D eigenvalue weighted by Crippen LogP contribution is -2.62. The third kappa shape index (κ3) is 7.03. The summed E-state index contributed by atoms with van der Waals surface area (Å²) >= 11 is 6.79. The summed E-state index contributed by atoms with van der Waals surface area (Å²) in [4.78, 5) is 59.6. The second-order valence-corrected chi connectivity index (χ2v) is 13.4. The van der Waals surface area contributed by atoms with Crippen LogP contribution in [-0.2, 0) is 16.0 Å². The van der Waals surface area contributed by atoms with Crippen LogP contribution in [0.15, 0.2) is 42.6 Å². The van der Waals surface area contributed by atoms with Crippen molar-refractivity contribution in [3.05, 3.63) is 58.7 Å². The summed E-state index contributed by atoms with van der Waals surface area (Å²) in [6.07, 6.45) is 3.68. The maximum atomic E-state index is 14.1. The number of nitrogens with zero attached hydrogens (tertiary/aromatic N) is 4. The Morgan fingerprint density at radius 1 is 1.08 bits per heavy atom. The molecule has 1 unspecified atom stereocenters. The molecule has 0 saturated carbocycles. The molecule has 2 aromatic rings. The molecule has 258 valence electrons. The molecule has 3 heterocycles. The van der Waals surface area contributed by atoms with Gasteiger partial charge in [0, 0.05) is 74.3 Å². The summed E-state index contributed by atoms with van der Waals surface area (Å²) in [6.45, 7) is 8.71. The van der Waals surface area contributed by atoms with E-state index in [1.165, 1.54) is 11.8 Å². The summed E-state index contributed by atoms with van der Waals surface area (Å²) in [6, 6.07) is 10.3. The van der Waals surface area contributed by atoms with Crippen LogP contribution >= 0.6 is 11.6 Å². The Labute approximate surface area is 286 Å². The van der Waals surface area contributed by atoms with Gasteiger partial charge in [0.15, 0.2) is 0 Å². The highest BCUT2D eigenvalue weighted by Gasteiger charge is 2.45. The van der Waals surface area contributed by atoms with E-state index < -0.39 is 11.6 Å². The Kier molecular flexibility index (Phi) is 10.4. The third-order valence-electron chi connectivity index (χ3n) is 9.56. The minimum atomic E-state index is -0.846. The van der Waals surface area contributed by atoms with Crippen molar-refractivity contribution in [2.45, 2.75) is 64.6 Å². The Morgan fingerprint density at radius 3 is 2.48 bits per heavy atom. The van der Waals surface area contributed by atoms with Gasteiger partial charge in [-0.2, -0.15) is 0 Å². The number of hydrogen-bond donors (Lipinski definition) is 2. The number of nitrogens with one attached hydrogen (secondary N) is 2. The molecule has 13 heteroatoms. The molecule has 2 N–H and O–H groups in total. The standard InChI is InChI=1S/C35H45ClN6O6/c1-22(19-37-23(2)43)42-34(46)40(20-28(35(42,3)4)27-8-7-9-30(48-6)32(27)36)21-31(44)39-15-13-25(14-16-39)41-17-12-24-10-11-26(47-5)18-29(24)38-33(41)45/h7-11,18,20,22,25H,12-17,19,21H2,1-6H3,(H,37,43)(H,38,45). The molecule has 2 aromatic carbocycles. The van der Waals surface area contributed by atoms with Crippen LogP contribution in [-0.4, -0.2) is 108 Å². The van der Waals surface area contributed by atoms with Crippen molar-refractivity contribution >= 4 is 46.7 Å². The van der Waals surface area contributed by atoms with E-state index in [-0.39, 0.29) is 43.0 Å². The number of benzene rings is 2. The molecule has 1 atom stereocenters. The van der Waals surface area contributed by atoms with Gasteiger partial charge in [0.1, 0.15) is 18.0 Å². The van der Waals surface area contributed by atoms with E-state index in [1.807, 2.05) is 56.0 Å². The number of carbonyl (C=O) groups is 4. The van der Waals surface area contributed by atoms with Gasteiger partial charge in [-0.15, -0.1) is 0 Å². The number of likely N-dealkylation sites (tertiary alicyclic amines) is 1. The SMILES string of the molecule is COc1ccc2c(c1)NC(=O)N(C1CCN(C(=O)CN3C=C(c4cccc(OC)c4Cl)C(C)(C)N(C(C)CNC(C)=O)C3=O)CC1)CC2. The predicted octanol–water partition coefficient (Wildman–Crippen LogP) is 4.82. The Hall–Kier alpha value is -4.45. The fraction of sp³-hybridized carbons (Fsp3) is 0.486. The van der Waals surface area contributed by atoms with Crippen LogP contribution in [0.3, 0.4) is 0 Å². The molecular weight excluding hydrogens is 636 g/mol. The Morgan fingerprint density at radius 2 is 1.81 bits per heavy atom. The summed E-state index contributed by atoms with van der Waals surface area (Å²) in [5.74, 6) is 0.786. The summed E-state index contributed by atoms with van der Waals surface area (Å²) in [5.41, 5.74) is 2.38. The van der Waals surface area contributed by atoms with Gasteiger partial charge in [-0.1, -0.05) is 29.8 Å². The number of amides is 6. The topological polar surface area (TPSA) is 124 Å². The molecule has 0 radical (unpaired) electrons. The predicted molar refractivity (Wildman–Crippen MR) is 184 cm³/mol. The van der Waals surface area contributed by atoms with Crippen molar-refractivity contribution in [2.24, 2.45) is 0 Å². The lowest BCUT2D eigenvalue weighted by atomic mass is 9.84.